The Balaban J connectivity index is 1.32. The number of nitrogens with one attached hydrogen (secondary N) is 1. The molecule has 1 aliphatic rings. The van der Waals surface area contributed by atoms with Crippen LogP contribution < -0.4 is 5.32 Å². The smallest absolute Gasteiger partial charge is 0.273 e. The van der Waals surface area contributed by atoms with Gasteiger partial charge in [-0.2, -0.15) is 5.10 Å². The van der Waals surface area contributed by atoms with Crippen molar-refractivity contribution in [3.05, 3.63) is 65.7 Å². The minimum Gasteiger partial charge on any atom is -0.347 e. The van der Waals surface area contributed by atoms with Crippen LogP contribution >= 0.6 is 0 Å². The summed E-state index contributed by atoms with van der Waals surface area (Å²) in [5.74, 6) is -0.200. The van der Waals surface area contributed by atoms with Gasteiger partial charge in [0.1, 0.15) is 0 Å². The van der Waals surface area contributed by atoms with Crippen molar-refractivity contribution in [2.45, 2.75) is 38.5 Å². The second-order valence-corrected chi connectivity index (χ2v) is 7.28. The molecule has 1 aliphatic heterocycles. The van der Waals surface area contributed by atoms with E-state index in [1.54, 1.807) is 10.9 Å². The molecule has 8 nitrogen and oxygen atoms in total. The van der Waals surface area contributed by atoms with Gasteiger partial charge < -0.3 is 5.32 Å². The average molecular weight is 379 g/mol. The number of hydrogen-bond donors (Lipinski definition) is 1. The SMILES string of the molecule is Cn1cc(CN2CCC[C@H]2Cn2cc(C(=O)NCc3ccccc3)nn2)cn1. The summed E-state index contributed by atoms with van der Waals surface area (Å²) in [6, 6.07) is 10.2. The Morgan fingerprint density at radius 2 is 2.07 bits per heavy atom. The molecule has 0 bridgehead atoms. The highest BCUT2D eigenvalue weighted by atomic mass is 16.2. The van der Waals surface area contributed by atoms with Gasteiger partial charge in [-0.1, -0.05) is 35.5 Å². The summed E-state index contributed by atoms with van der Waals surface area (Å²) in [4.78, 5) is 14.8. The van der Waals surface area contributed by atoms with Crippen LogP contribution in [-0.2, 0) is 26.7 Å². The number of aryl methyl sites for hydroxylation is 1. The maximum atomic E-state index is 12.3. The van der Waals surface area contributed by atoms with Gasteiger partial charge in [0.25, 0.3) is 5.91 Å². The molecule has 0 spiro atoms. The molecule has 3 aromatic rings. The van der Waals surface area contributed by atoms with Crippen molar-refractivity contribution in [3.8, 4) is 0 Å². The minimum atomic E-state index is -0.200. The molecule has 28 heavy (non-hydrogen) atoms. The van der Waals surface area contributed by atoms with Crippen LogP contribution in [0.4, 0.5) is 0 Å². The Bertz CT molecular complexity index is 918. The first-order valence-corrected chi connectivity index (χ1v) is 9.61. The molecule has 1 amide bonds. The third kappa shape index (κ3) is 4.45. The Morgan fingerprint density at radius 3 is 2.86 bits per heavy atom. The first-order valence-electron chi connectivity index (χ1n) is 9.61. The van der Waals surface area contributed by atoms with Crippen LogP contribution in [0.3, 0.4) is 0 Å². The summed E-state index contributed by atoms with van der Waals surface area (Å²) in [5, 5.41) is 15.4. The van der Waals surface area contributed by atoms with Crippen LogP contribution in [-0.4, -0.2) is 48.2 Å². The number of carbonyl (C=O) groups excluding carboxylic acids is 1. The van der Waals surface area contributed by atoms with Crippen LogP contribution in [0, 0.1) is 0 Å². The molecule has 0 aliphatic carbocycles. The predicted molar refractivity (Wildman–Crippen MR) is 104 cm³/mol. The maximum Gasteiger partial charge on any atom is 0.273 e. The van der Waals surface area contributed by atoms with E-state index in [4.69, 9.17) is 0 Å². The van der Waals surface area contributed by atoms with Crippen LogP contribution in [0.2, 0.25) is 0 Å². The fraction of sp³-hybridized carbons (Fsp3) is 0.400. The Hall–Kier alpha value is -3.00. The molecule has 0 unspecified atom stereocenters. The summed E-state index contributed by atoms with van der Waals surface area (Å²) >= 11 is 0. The van der Waals surface area contributed by atoms with Crippen molar-refractivity contribution in [2.24, 2.45) is 7.05 Å². The third-order valence-corrected chi connectivity index (χ3v) is 5.11. The van der Waals surface area contributed by atoms with E-state index in [1.165, 1.54) is 12.0 Å². The van der Waals surface area contributed by atoms with E-state index in [0.717, 1.165) is 31.6 Å². The average Bonchev–Trinajstić information content (AvgIpc) is 3.44. The summed E-state index contributed by atoms with van der Waals surface area (Å²) in [5.41, 5.74) is 2.63. The normalized spacial score (nSPS) is 17.1. The Kier molecular flexibility index (Phi) is 5.48. The van der Waals surface area contributed by atoms with Gasteiger partial charge in [0.15, 0.2) is 5.69 Å². The quantitative estimate of drug-likeness (QED) is 0.675. The highest BCUT2D eigenvalue weighted by Crippen LogP contribution is 2.21. The summed E-state index contributed by atoms with van der Waals surface area (Å²) in [7, 11) is 1.94. The lowest BCUT2D eigenvalue weighted by Crippen LogP contribution is -2.32. The number of hydrogen-bond acceptors (Lipinski definition) is 5. The number of likely N-dealkylation sites (tertiary alicyclic amines) is 1. The van der Waals surface area contributed by atoms with E-state index in [9.17, 15) is 4.79 Å². The van der Waals surface area contributed by atoms with E-state index < -0.39 is 0 Å². The van der Waals surface area contributed by atoms with Gasteiger partial charge in [-0.05, 0) is 24.9 Å². The molecule has 1 saturated heterocycles. The van der Waals surface area contributed by atoms with Gasteiger partial charge in [-0.15, -0.1) is 5.10 Å². The number of carbonyl (C=O) groups is 1. The molecule has 1 aromatic carbocycles. The van der Waals surface area contributed by atoms with Crippen LogP contribution in [0.15, 0.2) is 48.9 Å². The van der Waals surface area contributed by atoms with Crippen molar-refractivity contribution in [2.75, 3.05) is 6.54 Å². The molecule has 2 aromatic heterocycles. The lowest BCUT2D eigenvalue weighted by molar-refractivity contribution is 0.0946. The number of aromatic nitrogens is 5. The molecule has 8 heteroatoms. The van der Waals surface area contributed by atoms with Crippen molar-refractivity contribution in [1.29, 1.82) is 0 Å². The third-order valence-electron chi connectivity index (χ3n) is 5.11. The first kappa shape index (κ1) is 18.4. The second-order valence-electron chi connectivity index (χ2n) is 7.28. The second kappa shape index (κ2) is 8.35. The van der Waals surface area contributed by atoms with E-state index in [-0.39, 0.29) is 5.91 Å². The van der Waals surface area contributed by atoms with Crippen molar-refractivity contribution in [3.63, 3.8) is 0 Å². The van der Waals surface area contributed by atoms with Crippen molar-refractivity contribution >= 4 is 5.91 Å². The highest BCUT2D eigenvalue weighted by molar-refractivity contribution is 5.91. The van der Waals surface area contributed by atoms with E-state index in [1.807, 2.05) is 48.3 Å². The molecule has 4 rings (SSSR count). The molecule has 3 heterocycles. The number of amides is 1. The summed E-state index contributed by atoms with van der Waals surface area (Å²) in [6.45, 7) is 3.17. The largest absolute Gasteiger partial charge is 0.347 e. The predicted octanol–water partition coefficient (Wildman–Crippen LogP) is 1.61. The van der Waals surface area contributed by atoms with Gasteiger partial charge in [0.2, 0.25) is 0 Å². The number of nitrogens with zero attached hydrogens (tertiary/aromatic N) is 6. The van der Waals surface area contributed by atoms with Crippen molar-refractivity contribution in [1.82, 2.24) is 35.0 Å². The topological polar surface area (TPSA) is 80.9 Å². The minimum absolute atomic E-state index is 0.200. The summed E-state index contributed by atoms with van der Waals surface area (Å²) in [6.07, 6.45) is 8.00. The van der Waals surface area contributed by atoms with E-state index in [2.05, 4.69) is 31.8 Å². The van der Waals surface area contributed by atoms with Crippen LogP contribution in [0.1, 0.15) is 34.5 Å². The number of rotatable bonds is 7. The summed E-state index contributed by atoms with van der Waals surface area (Å²) < 4.78 is 3.61. The molecule has 1 fully saturated rings. The fourth-order valence-electron chi connectivity index (χ4n) is 3.67. The van der Waals surface area contributed by atoms with Gasteiger partial charge in [0.05, 0.1) is 18.9 Å². The van der Waals surface area contributed by atoms with Gasteiger partial charge in [-0.25, -0.2) is 0 Å². The number of benzene rings is 1. The zero-order chi connectivity index (χ0) is 19.3. The fourth-order valence-corrected chi connectivity index (χ4v) is 3.67. The molecule has 1 atom stereocenters. The lowest BCUT2D eigenvalue weighted by Gasteiger charge is -2.23. The lowest BCUT2D eigenvalue weighted by atomic mass is 10.2. The molecule has 0 radical (unpaired) electrons. The maximum absolute atomic E-state index is 12.3. The molecule has 1 N–H and O–H groups in total. The van der Waals surface area contributed by atoms with Gasteiger partial charge >= 0.3 is 0 Å². The molecule has 0 saturated carbocycles. The molecular weight excluding hydrogens is 354 g/mol. The van der Waals surface area contributed by atoms with E-state index in [0.29, 0.717) is 18.3 Å². The van der Waals surface area contributed by atoms with Gasteiger partial charge in [-0.3, -0.25) is 19.1 Å². The van der Waals surface area contributed by atoms with Crippen LogP contribution in [0.5, 0.6) is 0 Å². The Morgan fingerprint density at radius 1 is 1.21 bits per heavy atom. The monoisotopic (exact) mass is 379 g/mol. The zero-order valence-corrected chi connectivity index (χ0v) is 16.0. The van der Waals surface area contributed by atoms with Crippen LogP contribution in [0.25, 0.3) is 0 Å². The Labute approximate surface area is 164 Å². The first-order chi connectivity index (χ1) is 13.7. The standard InChI is InChI=1S/C20H25N7O/c1-25-12-17(11-22-25)13-26-9-5-8-18(26)14-27-15-19(23-24-27)20(28)21-10-16-6-3-2-4-7-16/h2-4,6-7,11-12,15,18H,5,8-10,13-14H2,1H3,(H,21,28)/t18-/m0/s1. The van der Waals surface area contributed by atoms with E-state index >= 15 is 0 Å². The highest BCUT2D eigenvalue weighted by Gasteiger charge is 2.26. The van der Waals surface area contributed by atoms with Crippen molar-refractivity contribution < 1.29 is 4.79 Å². The zero-order valence-electron chi connectivity index (χ0n) is 16.0. The molecule has 146 valence electrons. The molecular formula is C20H25N7O. The van der Waals surface area contributed by atoms with Gasteiger partial charge in [0, 0.05) is 37.9 Å².